The first-order chi connectivity index (χ1) is 12.2. The summed E-state index contributed by atoms with van der Waals surface area (Å²) in [6.45, 7) is 4.52. The van der Waals surface area contributed by atoms with E-state index in [0.29, 0.717) is 23.8 Å². The van der Waals surface area contributed by atoms with E-state index in [0.717, 1.165) is 22.7 Å². The average Bonchev–Trinajstić information content (AvgIpc) is 3.21. The second-order valence-electron chi connectivity index (χ2n) is 5.79. The molecular formula is C18H15N7. The van der Waals surface area contributed by atoms with Crippen LogP contribution in [0.5, 0.6) is 0 Å². The minimum absolute atomic E-state index is 0.371. The SMILES string of the molecule is Cc1ccc2nc(Cn3ccnc3-c3cccc(C#N)n3)c(C)n2n1. The molecule has 4 aromatic rings. The van der Waals surface area contributed by atoms with Crippen molar-refractivity contribution in [1.82, 2.24) is 29.1 Å². The molecule has 122 valence electrons. The standard InChI is InChI=1S/C18H15N7/c1-12-6-7-17-22-16(13(2)25(17)23-12)11-24-9-8-20-18(24)15-5-3-4-14(10-19)21-15/h3-9H,11H2,1-2H3. The van der Waals surface area contributed by atoms with Crippen LogP contribution in [0.2, 0.25) is 0 Å². The second kappa shape index (κ2) is 5.83. The fourth-order valence-corrected chi connectivity index (χ4v) is 2.78. The number of pyridine rings is 1. The quantitative estimate of drug-likeness (QED) is 0.576. The Labute approximate surface area is 144 Å². The van der Waals surface area contributed by atoms with Crippen molar-refractivity contribution in [1.29, 1.82) is 5.26 Å². The molecule has 4 heterocycles. The zero-order valence-electron chi connectivity index (χ0n) is 13.9. The molecule has 0 atom stereocenters. The Morgan fingerprint density at radius 3 is 2.84 bits per heavy atom. The van der Waals surface area contributed by atoms with E-state index in [1.165, 1.54) is 0 Å². The van der Waals surface area contributed by atoms with Gasteiger partial charge in [0.2, 0.25) is 0 Å². The van der Waals surface area contributed by atoms with Gasteiger partial charge in [-0.15, -0.1) is 0 Å². The Morgan fingerprint density at radius 1 is 1.12 bits per heavy atom. The van der Waals surface area contributed by atoms with Crippen LogP contribution in [0.25, 0.3) is 17.2 Å². The average molecular weight is 329 g/mol. The highest BCUT2D eigenvalue weighted by Gasteiger charge is 2.13. The van der Waals surface area contributed by atoms with Gasteiger partial charge in [-0.25, -0.2) is 19.5 Å². The van der Waals surface area contributed by atoms with Gasteiger partial charge in [0.15, 0.2) is 11.5 Å². The minimum Gasteiger partial charge on any atom is -0.324 e. The summed E-state index contributed by atoms with van der Waals surface area (Å²) in [5.41, 5.74) is 4.73. The van der Waals surface area contributed by atoms with Crippen LogP contribution in [0.4, 0.5) is 0 Å². The van der Waals surface area contributed by atoms with Gasteiger partial charge in [0.05, 0.1) is 23.6 Å². The molecule has 0 unspecified atom stereocenters. The number of hydrogen-bond acceptors (Lipinski definition) is 5. The van der Waals surface area contributed by atoms with Crippen LogP contribution < -0.4 is 0 Å². The van der Waals surface area contributed by atoms with Gasteiger partial charge in [-0.05, 0) is 38.1 Å². The number of fused-ring (bicyclic) bond motifs is 1. The van der Waals surface area contributed by atoms with Gasteiger partial charge in [0.25, 0.3) is 0 Å². The van der Waals surface area contributed by atoms with Crippen LogP contribution in [0.3, 0.4) is 0 Å². The summed E-state index contributed by atoms with van der Waals surface area (Å²) in [7, 11) is 0. The zero-order valence-corrected chi connectivity index (χ0v) is 13.9. The van der Waals surface area contributed by atoms with Crippen LogP contribution in [0.15, 0.2) is 42.7 Å². The lowest BCUT2D eigenvalue weighted by Gasteiger charge is -2.06. The molecule has 0 fully saturated rings. The van der Waals surface area contributed by atoms with Crippen LogP contribution in [-0.4, -0.2) is 29.1 Å². The van der Waals surface area contributed by atoms with Crippen LogP contribution in [0.1, 0.15) is 22.8 Å². The fraction of sp³-hybridized carbons (Fsp3) is 0.167. The number of aryl methyl sites for hydroxylation is 2. The molecule has 25 heavy (non-hydrogen) atoms. The van der Waals surface area contributed by atoms with Crippen LogP contribution >= 0.6 is 0 Å². The molecule has 7 nitrogen and oxygen atoms in total. The predicted molar refractivity (Wildman–Crippen MR) is 91.7 cm³/mol. The predicted octanol–water partition coefficient (Wildman–Crippen LogP) is 2.52. The Kier molecular flexibility index (Phi) is 3.51. The van der Waals surface area contributed by atoms with E-state index in [4.69, 9.17) is 5.26 Å². The van der Waals surface area contributed by atoms with E-state index >= 15 is 0 Å². The number of nitrogens with zero attached hydrogens (tertiary/aromatic N) is 7. The molecule has 0 N–H and O–H groups in total. The van der Waals surface area contributed by atoms with E-state index in [2.05, 4.69) is 26.1 Å². The Hall–Kier alpha value is -3.53. The van der Waals surface area contributed by atoms with Gasteiger partial charge in [0, 0.05) is 12.4 Å². The van der Waals surface area contributed by atoms with E-state index in [-0.39, 0.29) is 0 Å². The lowest BCUT2D eigenvalue weighted by atomic mass is 10.3. The van der Waals surface area contributed by atoms with Crippen molar-refractivity contribution >= 4 is 5.65 Å². The normalized spacial score (nSPS) is 10.9. The molecule has 0 spiro atoms. The zero-order chi connectivity index (χ0) is 17.4. The highest BCUT2D eigenvalue weighted by atomic mass is 15.3. The van der Waals surface area contributed by atoms with Crippen molar-refractivity contribution in [3.8, 4) is 17.6 Å². The maximum atomic E-state index is 9.04. The Bertz CT molecular complexity index is 1110. The first kappa shape index (κ1) is 15.0. The van der Waals surface area contributed by atoms with Gasteiger partial charge in [0.1, 0.15) is 17.5 Å². The molecule has 0 saturated heterocycles. The molecule has 0 aliphatic rings. The van der Waals surface area contributed by atoms with Crippen molar-refractivity contribution in [2.24, 2.45) is 0 Å². The molecule has 0 bridgehead atoms. The third kappa shape index (κ3) is 2.64. The minimum atomic E-state index is 0.371. The molecule has 0 radical (unpaired) electrons. The van der Waals surface area contributed by atoms with Crippen molar-refractivity contribution < 1.29 is 0 Å². The van der Waals surface area contributed by atoms with Crippen molar-refractivity contribution in [2.75, 3.05) is 0 Å². The topological polar surface area (TPSA) is 84.7 Å². The van der Waals surface area contributed by atoms with E-state index in [1.807, 2.05) is 53.4 Å². The number of nitriles is 1. The molecule has 0 aromatic carbocycles. The van der Waals surface area contributed by atoms with Crippen molar-refractivity contribution in [3.05, 3.63) is 65.5 Å². The van der Waals surface area contributed by atoms with Gasteiger partial charge in [-0.3, -0.25) is 0 Å². The summed E-state index contributed by atoms with van der Waals surface area (Å²) >= 11 is 0. The number of imidazole rings is 2. The van der Waals surface area contributed by atoms with Gasteiger partial charge in [-0.2, -0.15) is 10.4 Å². The lowest BCUT2D eigenvalue weighted by molar-refractivity contribution is 0.771. The smallest absolute Gasteiger partial charge is 0.159 e. The first-order valence-corrected chi connectivity index (χ1v) is 7.86. The second-order valence-corrected chi connectivity index (χ2v) is 5.79. The van der Waals surface area contributed by atoms with E-state index < -0.39 is 0 Å². The molecular weight excluding hydrogens is 314 g/mol. The third-order valence-corrected chi connectivity index (χ3v) is 4.06. The maximum absolute atomic E-state index is 9.04. The number of aromatic nitrogens is 6. The molecule has 0 aliphatic heterocycles. The first-order valence-electron chi connectivity index (χ1n) is 7.86. The molecule has 0 aliphatic carbocycles. The summed E-state index contributed by atoms with van der Waals surface area (Å²) in [4.78, 5) is 13.4. The molecule has 0 amide bonds. The Morgan fingerprint density at radius 2 is 2.00 bits per heavy atom. The van der Waals surface area contributed by atoms with Crippen LogP contribution in [0, 0.1) is 25.2 Å². The summed E-state index contributed by atoms with van der Waals surface area (Å²) in [5, 5.41) is 13.6. The summed E-state index contributed by atoms with van der Waals surface area (Å²) in [6.07, 6.45) is 3.61. The van der Waals surface area contributed by atoms with Gasteiger partial charge >= 0.3 is 0 Å². The molecule has 7 heteroatoms. The molecule has 0 saturated carbocycles. The largest absolute Gasteiger partial charge is 0.324 e. The summed E-state index contributed by atoms with van der Waals surface area (Å²) in [6, 6.07) is 11.3. The number of hydrogen-bond donors (Lipinski definition) is 0. The fourth-order valence-electron chi connectivity index (χ4n) is 2.78. The highest BCUT2D eigenvalue weighted by Crippen LogP contribution is 2.18. The summed E-state index contributed by atoms with van der Waals surface area (Å²) < 4.78 is 3.83. The highest BCUT2D eigenvalue weighted by molar-refractivity contribution is 5.51. The van der Waals surface area contributed by atoms with Crippen molar-refractivity contribution in [2.45, 2.75) is 20.4 Å². The third-order valence-electron chi connectivity index (χ3n) is 4.06. The van der Waals surface area contributed by atoms with Crippen molar-refractivity contribution in [3.63, 3.8) is 0 Å². The maximum Gasteiger partial charge on any atom is 0.159 e. The number of rotatable bonds is 3. The molecule has 4 rings (SSSR count). The Balaban J connectivity index is 1.74. The van der Waals surface area contributed by atoms with Gasteiger partial charge in [-0.1, -0.05) is 6.07 Å². The monoisotopic (exact) mass is 329 g/mol. The van der Waals surface area contributed by atoms with Crippen LogP contribution in [-0.2, 0) is 6.54 Å². The lowest BCUT2D eigenvalue weighted by Crippen LogP contribution is -2.04. The van der Waals surface area contributed by atoms with Gasteiger partial charge < -0.3 is 4.57 Å². The van der Waals surface area contributed by atoms with E-state index in [9.17, 15) is 0 Å². The molecule has 4 aromatic heterocycles. The van der Waals surface area contributed by atoms with E-state index in [1.54, 1.807) is 12.3 Å². The summed E-state index contributed by atoms with van der Waals surface area (Å²) in [5.74, 6) is 0.706.